The van der Waals surface area contributed by atoms with E-state index >= 15 is 0 Å². The van der Waals surface area contributed by atoms with Gasteiger partial charge in [-0.3, -0.25) is 4.79 Å². The van der Waals surface area contributed by atoms with Crippen molar-refractivity contribution in [2.75, 3.05) is 12.9 Å². The molecule has 0 aliphatic heterocycles. The van der Waals surface area contributed by atoms with Gasteiger partial charge in [-0.15, -0.1) is 0 Å². The summed E-state index contributed by atoms with van der Waals surface area (Å²) >= 11 is 1.22. The Morgan fingerprint density at radius 1 is 1.36 bits per heavy atom. The molecule has 3 rings (SSSR count). The minimum Gasteiger partial charge on any atom is -0.870 e. The summed E-state index contributed by atoms with van der Waals surface area (Å²) in [6.07, 6.45) is 1.29. The van der Waals surface area contributed by atoms with Gasteiger partial charge in [-0.25, -0.2) is 5.43 Å². The first-order chi connectivity index (χ1) is 12.2. The first-order valence-corrected chi connectivity index (χ1v) is 8.35. The van der Waals surface area contributed by atoms with E-state index in [1.165, 1.54) is 25.1 Å². The number of carbonyl (C=O) groups excluding carboxylic acids is 1. The standard InChI is InChI=1S/C17H15N3O4S/c1-23-14-8-4-5-11(16(14)22)9-18-20-15(21)10-25-17-19-12-6-2-3-7-13(12)24-17/h2-9,22H,10H2,1H3,(H,20,21). The number of thioether (sulfide) groups is 1. The van der Waals surface area contributed by atoms with E-state index in [9.17, 15) is 9.90 Å². The van der Waals surface area contributed by atoms with Crippen LogP contribution in [0, 0.1) is 0 Å². The summed E-state index contributed by atoms with van der Waals surface area (Å²) in [4.78, 5) is 14.9. The van der Waals surface area contributed by atoms with Crippen molar-refractivity contribution < 1.29 is 24.0 Å². The minimum absolute atomic E-state index is 0.121. The Morgan fingerprint density at radius 3 is 3.00 bits per heavy atom. The number of hydrogen-bond acceptors (Lipinski definition) is 6. The number of benzene rings is 2. The smallest absolute Gasteiger partial charge is 0.411 e. The average molecular weight is 357 g/mol. The Labute approximate surface area is 147 Å². The molecule has 0 atom stereocenters. The van der Waals surface area contributed by atoms with Crippen molar-refractivity contribution in [1.29, 1.82) is 0 Å². The summed E-state index contributed by atoms with van der Waals surface area (Å²) in [6.45, 7) is 0. The number of hydrogen-bond donors (Lipinski definition) is 1. The molecule has 0 unspecified atom stereocenters. The summed E-state index contributed by atoms with van der Waals surface area (Å²) in [5.74, 6) is -0.248. The molecular formula is C17H15N3O4S. The lowest BCUT2D eigenvalue weighted by Crippen LogP contribution is -2.20. The second-order valence-electron chi connectivity index (χ2n) is 4.97. The predicted octanol–water partition coefficient (Wildman–Crippen LogP) is 1.57. The van der Waals surface area contributed by atoms with Crippen molar-refractivity contribution in [3.63, 3.8) is 0 Å². The van der Waals surface area contributed by atoms with Gasteiger partial charge in [0.05, 0.1) is 19.1 Å². The number of methoxy groups -OCH3 is 1. The van der Waals surface area contributed by atoms with Crippen LogP contribution in [-0.4, -0.2) is 25.0 Å². The number of aromatic nitrogens is 1. The summed E-state index contributed by atoms with van der Waals surface area (Å²) in [5.41, 5.74) is 4.30. The maximum Gasteiger partial charge on any atom is 0.411 e. The average Bonchev–Trinajstić information content (AvgIpc) is 3.04. The van der Waals surface area contributed by atoms with Crippen LogP contribution < -0.4 is 20.3 Å². The molecule has 128 valence electrons. The normalized spacial score (nSPS) is 11.1. The van der Waals surface area contributed by atoms with Crippen LogP contribution in [0.2, 0.25) is 0 Å². The first-order valence-electron chi connectivity index (χ1n) is 7.37. The van der Waals surface area contributed by atoms with Crippen LogP contribution >= 0.6 is 11.8 Å². The Balaban J connectivity index is 1.54. The van der Waals surface area contributed by atoms with Crippen LogP contribution in [0.3, 0.4) is 0 Å². The Bertz CT molecular complexity index is 890. The molecule has 0 fully saturated rings. The third kappa shape index (κ3) is 4.10. The number of hydrazone groups is 1. The number of fused-ring (bicyclic) bond motifs is 1. The molecule has 3 aromatic rings. The zero-order chi connectivity index (χ0) is 17.6. The van der Waals surface area contributed by atoms with Crippen LogP contribution in [0.4, 0.5) is 0 Å². The molecule has 0 bridgehead atoms. The minimum atomic E-state index is -0.314. The quantitative estimate of drug-likeness (QED) is 0.410. The zero-order valence-corrected chi connectivity index (χ0v) is 14.1. The Kier molecular flexibility index (Phi) is 5.20. The van der Waals surface area contributed by atoms with Gasteiger partial charge in [0.15, 0.2) is 0 Å². The highest BCUT2D eigenvalue weighted by atomic mass is 32.2. The Hall–Kier alpha value is -3.00. The maximum absolute atomic E-state index is 11.9. The number of H-pyrrole nitrogens is 1. The lowest BCUT2D eigenvalue weighted by Gasteiger charge is -2.14. The molecule has 0 aliphatic carbocycles. The van der Waals surface area contributed by atoms with Gasteiger partial charge in [-0.05, 0) is 29.5 Å². The molecule has 1 aromatic heterocycles. The van der Waals surface area contributed by atoms with Gasteiger partial charge in [0.2, 0.25) is 11.1 Å². The van der Waals surface area contributed by atoms with E-state index in [-0.39, 0.29) is 23.2 Å². The number of carbonyl (C=O) groups is 1. The SMILES string of the molecule is COc1cccc(C=NNC(=O)CSc2[nH+]c3ccccc3o2)c1[O-]. The van der Waals surface area contributed by atoms with Gasteiger partial charge in [0.1, 0.15) is 5.75 Å². The van der Waals surface area contributed by atoms with Crippen LogP contribution in [0.1, 0.15) is 5.56 Å². The molecule has 0 aliphatic rings. The number of nitrogens with one attached hydrogen (secondary N) is 2. The van der Waals surface area contributed by atoms with E-state index in [2.05, 4.69) is 15.5 Å². The molecule has 25 heavy (non-hydrogen) atoms. The van der Waals surface area contributed by atoms with Crippen molar-refractivity contribution in [3.8, 4) is 11.5 Å². The van der Waals surface area contributed by atoms with Gasteiger partial charge >= 0.3 is 5.22 Å². The van der Waals surface area contributed by atoms with Crippen molar-refractivity contribution in [3.05, 3.63) is 48.0 Å². The van der Waals surface area contributed by atoms with E-state index < -0.39 is 0 Å². The lowest BCUT2D eigenvalue weighted by atomic mass is 10.2. The highest BCUT2D eigenvalue weighted by Crippen LogP contribution is 2.25. The van der Waals surface area contributed by atoms with Crippen molar-refractivity contribution in [2.24, 2.45) is 5.10 Å². The number of rotatable bonds is 6. The van der Waals surface area contributed by atoms with Gasteiger partial charge in [-0.2, -0.15) is 10.1 Å². The highest BCUT2D eigenvalue weighted by Gasteiger charge is 2.14. The molecule has 2 N–H and O–H groups in total. The molecular weight excluding hydrogens is 342 g/mol. The molecule has 0 saturated carbocycles. The molecule has 0 saturated heterocycles. The van der Waals surface area contributed by atoms with Crippen molar-refractivity contribution in [2.45, 2.75) is 5.22 Å². The molecule has 1 heterocycles. The number of para-hydroxylation sites is 3. The maximum atomic E-state index is 11.9. The molecule has 0 spiro atoms. The summed E-state index contributed by atoms with van der Waals surface area (Å²) in [6, 6.07) is 12.3. The van der Waals surface area contributed by atoms with E-state index in [4.69, 9.17) is 9.15 Å². The van der Waals surface area contributed by atoms with Crippen molar-refractivity contribution in [1.82, 2.24) is 5.43 Å². The number of aromatic amines is 1. The third-order valence-electron chi connectivity index (χ3n) is 3.28. The first kappa shape index (κ1) is 16.8. The summed E-state index contributed by atoms with van der Waals surface area (Å²) in [5, 5.41) is 16.3. The van der Waals surface area contributed by atoms with Gasteiger partial charge in [-0.1, -0.05) is 30.0 Å². The lowest BCUT2D eigenvalue weighted by molar-refractivity contribution is -0.411. The largest absolute Gasteiger partial charge is 0.870 e. The van der Waals surface area contributed by atoms with Gasteiger partial charge in [0, 0.05) is 6.07 Å². The van der Waals surface area contributed by atoms with Crippen LogP contribution in [-0.2, 0) is 4.79 Å². The van der Waals surface area contributed by atoms with Gasteiger partial charge < -0.3 is 14.3 Å². The van der Waals surface area contributed by atoms with Gasteiger partial charge in [0.25, 0.3) is 5.91 Å². The molecule has 1 amide bonds. The molecule has 2 aromatic carbocycles. The summed E-state index contributed by atoms with van der Waals surface area (Å²) < 4.78 is 10.5. The van der Waals surface area contributed by atoms with Crippen LogP contribution in [0.25, 0.3) is 11.1 Å². The fourth-order valence-corrected chi connectivity index (χ4v) is 2.75. The number of ether oxygens (including phenoxy) is 1. The van der Waals surface area contributed by atoms with Crippen LogP contribution in [0.5, 0.6) is 11.5 Å². The second kappa shape index (κ2) is 7.71. The molecule has 7 nitrogen and oxygen atoms in total. The monoisotopic (exact) mass is 357 g/mol. The topological polar surface area (TPSA) is 101 Å². The predicted molar refractivity (Wildman–Crippen MR) is 91.7 cm³/mol. The van der Waals surface area contributed by atoms with Crippen molar-refractivity contribution >= 4 is 35.0 Å². The van der Waals surface area contributed by atoms with E-state index in [0.717, 1.165) is 11.1 Å². The summed E-state index contributed by atoms with van der Waals surface area (Å²) in [7, 11) is 1.42. The van der Waals surface area contributed by atoms with E-state index in [0.29, 0.717) is 10.8 Å². The molecule has 8 heteroatoms. The second-order valence-corrected chi connectivity index (χ2v) is 5.92. The third-order valence-corrected chi connectivity index (χ3v) is 4.14. The Morgan fingerprint density at radius 2 is 2.20 bits per heavy atom. The fourth-order valence-electron chi connectivity index (χ4n) is 2.09. The van der Waals surface area contributed by atoms with E-state index in [1.54, 1.807) is 18.2 Å². The highest BCUT2D eigenvalue weighted by molar-refractivity contribution is 7.99. The number of nitrogens with zero attached hydrogens (tertiary/aromatic N) is 1. The fraction of sp³-hybridized carbons (Fsp3) is 0.118. The van der Waals surface area contributed by atoms with E-state index in [1.807, 2.05) is 24.3 Å². The number of amides is 1. The zero-order valence-electron chi connectivity index (χ0n) is 13.3. The molecule has 0 radical (unpaired) electrons. The number of oxazole rings is 1. The van der Waals surface area contributed by atoms with Crippen LogP contribution in [0.15, 0.2) is 57.2 Å².